The monoisotopic (exact) mass is 512 g/mol. The topological polar surface area (TPSA) is 57.7 Å². The molecule has 0 radical (unpaired) electrons. The molecule has 0 atom stereocenters. The van der Waals surface area contributed by atoms with Crippen LogP contribution in [0.4, 0.5) is 31.1 Å². The third kappa shape index (κ3) is 5.41. The normalized spacial score (nSPS) is 15.5. The summed E-state index contributed by atoms with van der Waals surface area (Å²) in [5.41, 5.74) is -1.95. The summed E-state index contributed by atoms with van der Waals surface area (Å²) >= 11 is 11.1. The van der Waals surface area contributed by atoms with Crippen LogP contribution in [0, 0.1) is 11.6 Å². The van der Waals surface area contributed by atoms with E-state index in [1.807, 2.05) is 0 Å². The van der Waals surface area contributed by atoms with E-state index in [1.54, 1.807) is 0 Å². The maximum absolute atomic E-state index is 14.7. The minimum absolute atomic E-state index is 0.0884. The van der Waals surface area contributed by atoms with Crippen LogP contribution in [0.2, 0.25) is 10.0 Å². The molecule has 0 bridgehead atoms. The van der Waals surface area contributed by atoms with Gasteiger partial charge < -0.3 is 0 Å². The predicted octanol–water partition coefficient (Wildman–Crippen LogP) is 5.34. The number of nitrogens with zero attached hydrogens (tertiary/aromatic N) is 2. The molecule has 0 spiro atoms. The van der Waals surface area contributed by atoms with Crippen LogP contribution in [0.5, 0.6) is 0 Å². The van der Waals surface area contributed by atoms with E-state index in [0.29, 0.717) is 24.3 Å². The quantitative estimate of drug-likeness (QED) is 0.388. The van der Waals surface area contributed by atoms with Gasteiger partial charge in [0.25, 0.3) is 11.8 Å². The van der Waals surface area contributed by atoms with Crippen LogP contribution >= 0.6 is 23.2 Å². The fourth-order valence-corrected chi connectivity index (χ4v) is 3.54. The summed E-state index contributed by atoms with van der Waals surface area (Å²) in [6.07, 6.45) is -1.15. The molecule has 0 saturated carbocycles. The number of urea groups is 1. The van der Waals surface area contributed by atoms with Gasteiger partial charge in [0, 0.05) is 21.2 Å². The second kappa shape index (κ2) is 8.86. The van der Waals surface area contributed by atoms with Crippen molar-refractivity contribution in [2.75, 3.05) is 13.1 Å². The Hall–Kier alpha value is -2.79. The van der Waals surface area contributed by atoms with Gasteiger partial charge in [-0.3, -0.25) is 19.4 Å². The maximum Gasteiger partial charge on any atom is 0.333 e. The second-order valence-electron chi connectivity index (χ2n) is 7.14. The number of barbiturate groups is 1. The van der Waals surface area contributed by atoms with Gasteiger partial charge in [-0.15, -0.1) is 0 Å². The number of carbonyl (C=O) groups excluding carboxylic acids is 3. The molecule has 13 heteroatoms. The first kappa shape index (κ1) is 24.8. The number of benzene rings is 2. The van der Waals surface area contributed by atoms with Gasteiger partial charge in [-0.25, -0.2) is 13.6 Å². The summed E-state index contributed by atoms with van der Waals surface area (Å²) < 4.78 is 85.7. The molecule has 4 amide bonds. The Bertz CT molecular complexity index is 1020. The van der Waals surface area contributed by atoms with E-state index in [2.05, 4.69) is 0 Å². The molecule has 1 heterocycles. The van der Waals surface area contributed by atoms with Gasteiger partial charge in [0.15, 0.2) is 0 Å². The zero-order valence-electron chi connectivity index (χ0n) is 16.2. The van der Waals surface area contributed by atoms with Gasteiger partial charge in [-0.05, 0) is 36.4 Å². The van der Waals surface area contributed by atoms with Crippen LogP contribution in [0.25, 0.3) is 0 Å². The third-order valence-corrected chi connectivity index (χ3v) is 5.09. The molecule has 1 aliphatic rings. The summed E-state index contributed by atoms with van der Waals surface area (Å²) in [7, 11) is 0. The molecule has 2 aromatic rings. The van der Waals surface area contributed by atoms with E-state index in [0.717, 1.165) is 12.1 Å². The second-order valence-corrected chi connectivity index (χ2v) is 8.02. The van der Waals surface area contributed by atoms with Crippen molar-refractivity contribution in [1.29, 1.82) is 0 Å². The van der Waals surface area contributed by atoms with E-state index in [4.69, 9.17) is 23.2 Å². The Kier molecular flexibility index (Phi) is 6.67. The first-order valence-electron chi connectivity index (χ1n) is 9.03. The molecule has 5 nitrogen and oxygen atoms in total. The van der Waals surface area contributed by atoms with E-state index in [-0.39, 0.29) is 19.8 Å². The van der Waals surface area contributed by atoms with Crippen molar-refractivity contribution in [3.05, 3.63) is 69.2 Å². The molecule has 0 N–H and O–H groups in total. The molecule has 0 unspecified atom stereocenters. The Morgan fingerprint density at radius 3 is 1.39 bits per heavy atom. The lowest BCUT2D eigenvalue weighted by Gasteiger charge is -2.36. The predicted molar refractivity (Wildman–Crippen MR) is 104 cm³/mol. The largest absolute Gasteiger partial charge is 0.333 e. The van der Waals surface area contributed by atoms with E-state index >= 15 is 0 Å². The summed E-state index contributed by atoms with van der Waals surface area (Å²) in [5.74, 6) is -13.0. The molecular formula is C20H12Cl2F6N2O3. The van der Waals surface area contributed by atoms with Crippen molar-refractivity contribution < 1.29 is 40.7 Å². The number of hydrogen-bond acceptors (Lipinski definition) is 3. The van der Waals surface area contributed by atoms with Gasteiger partial charge in [0.1, 0.15) is 18.1 Å². The van der Waals surface area contributed by atoms with Crippen molar-refractivity contribution in [3.8, 4) is 0 Å². The average molecular weight is 513 g/mol. The summed E-state index contributed by atoms with van der Waals surface area (Å²) in [6.45, 7) is -3.32. The van der Waals surface area contributed by atoms with Crippen molar-refractivity contribution in [2.45, 2.75) is 18.3 Å². The highest BCUT2D eigenvalue weighted by Crippen LogP contribution is 2.35. The van der Waals surface area contributed by atoms with E-state index in [9.17, 15) is 40.7 Å². The highest BCUT2D eigenvalue weighted by Gasteiger charge is 2.48. The molecule has 176 valence electrons. The molecule has 33 heavy (non-hydrogen) atoms. The smallest absolute Gasteiger partial charge is 0.274 e. The average Bonchev–Trinajstić information content (AvgIpc) is 2.67. The van der Waals surface area contributed by atoms with Crippen LogP contribution in [0.15, 0.2) is 36.4 Å². The number of carbonyl (C=O) groups is 3. The van der Waals surface area contributed by atoms with Crippen molar-refractivity contribution in [3.63, 3.8) is 0 Å². The summed E-state index contributed by atoms with van der Waals surface area (Å²) in [5, 5.41) is -0.766. The lowest BCUT2D eigenvalue weighted by molar-refractivity contribution is -0.149. The van der Waals surface area contributed by atoms with Gasteiger partial charge in [-0.2, -0.15) is 17.6 Å². The molecule has 0 aromatic heterocycles. The van der Waals surface area contributed by atoms with Gasteiger partial charge in [-0.1, -0.05) is 23.2 Å². The lowest BCUT2D eigenvalue weighted by Crippen LogP contribution is -2.59. The van der Waals surface area contributed by atoms with Gasteiger partial charge in [0.2, 0.25) is 11.8 Å². The Balaban J connectivity index is 1.87. The van der Waals surface area contributed by atoms with E-state index < -0.39 is 72.0 Å². The van der Waals surface area contributed by atoms with Crippen molar-refractivity contribution >= 4 is 41.0 Å². The zero-order chi connectivity index (χ0) is 24.7. The standard InChI is InChI=1S/C20H12Cl2F6N2O3/c21-12-1-10(3-14(23)5-12)19(25,26)8-29-16(31)7-17(32)30(18(29)33)9-20(27,28)11-2-13(22)6-15(24)4-11/h1-6H,7-9H2. The maximum atomic E-state index is 14.7. The first-order valence-corrected chi connectivity index (χ1v) is 9.79. The van der Waals surface area contributed by atoms with Crippen LogP contribution in [-0.4, -0.2) is 40.7 Å². The Morgan fingerprint density at radius 1 is 0.697 bits per heavy atom. The summed E-state index contributed by atoms with van der Waals surface area (Å²) in [6, 6.07) is 2.02. The highest BCUT2D eigenvalue weighted by molar-refractivity contribution is 6.31. The number of hydrogen-bond donors (Lipinski definition) is 0. The highest BCUT2D eigenvalue weighted by atomic mass is 35.5. The van der Waals surface area contributed by atoms with Crippen LogP contribution in [0.3, 0.4) is 0 Å². The van der Waals surface area contributed by atoms with E-state index in [1.165, 1.54) is 0 Å². The zero-order valence-corrected chi connectivity index (χ0v) is 17.7. The molecule has 1 saturated heterocycles. The van der Waals surface area contributed by atoms with Crippen molar-refractivity contribution in [1.82, 2.24) is 9.80 Å². The SMILES string of the molecule is O=C1CC(=O)N(CC(F)(F)c2cc(F)cc(Cl)c2)C(=O)N1CC(F)(F)c1cc(F)cc(Cl)c1. The molecular weight excluding hydrogens is 501 g/mol. The number of imide groups is 2. The third-order valence-electron chi connectivity index (χ3n) is 4.65. The molecule has 0 aliphatic carbocycles. The first-order chi connectivity index (χ1) is 15.2. The van der Waals surface area contributed by atoms with Crippen LogP contribution < -0.4 is 0 Å². The molecule has 2 aromatic carbocycles. The van der Waals surface area contributed by atoms with Gasteiger partial charge in [0.05, 0.1) is 13.1 Å². The molecule has 1 fully saturated rings. The minimum atomic E-state index is -4.03. The number of alkyl halides is 4. The fourth-order valence-electron chi connectivity index (χ4n) is 3.10. The van der Waals surface area contributed by atoms with Crippen LogP contribution in [0.1, 0.15) is 17.5 Å². The van der Waals surface area contributed by atoms with Crippen LogP contribution in [-0.2, 0) is 21.4 Å². The number of amides is 4. The summed E-state index contributed by atoms with van der Waals surface area (Å²) in [4.78, 5) is 36.6. The minimum Gasteiger partial charge on any atom is -0.274 e. The number of rotatable bonds is 6. The molecule has 1 aliphatic heterocycles. The molecule has 3 rings (SSSR count). The Morgan fingerprint density at radius 2 is 1.06 bits per heavy atom. The fraction of sp³-hybridized carbons (Fsp3) is 0.250. The van der Waals surface area contributed by atoms with Crippen molar-refractivity contribution in [2.24, 2.45) is 0 Å². The lowest BCUT2D eigenvalue weighted by atomic mass is 10.1. The number of halogens is 8. The van der Waals surface area contributed by atoms with Gasteiger partial charge >= 0.3 is 6.03 Å². The Labute approximate surface area is 192 Å².